The summed E-state index contributed by atoms with van der Waals surface area (Å²) in [6.45, 7) is 6.53. The van der Waals surface area contributed by atoms with Crippen LogP contribution >= 0.6 is 31.9 Å². The van der Waals surface area contributed by atoms with Gasteiger partial charge in [0, 0.05) is 24.1 Å². The molecule has 4 heteroatoms. The van der Waals surface area contributed by atoms with Gasteiger partial charge < -0.3 is 4.90 Å². The second kappa shape index (κ2) is 5.70. The minimum atomic E-state index is 0.624. The van der Waals surface area contributed by atoms with E-state index in [9.17, 15) is 0 Å². The minimum Gasteiger partial charge on any atom is -0.356 e. The van der Waals surface area contributed by atoms with Crippen LogP contribution in [0.4, 0.5) is 5.82 Å². The Balaban J connectivity index is 2.05. The van der Waals surface area contributed by atoms with E-state index in [4.69, 9.17) is 0 Å². The van der Waals surface area contributed by atoms with E-state index in [1.807, 2.05) is 6.20 Å². The maximum atomic E-state index is 4.54. The molecule has 94 valence electrons. The summed E-state index contributed by atoms with van der Waals surface area (Å²) in [5, 5.41) is 0. The number of hydrogen-bond acceptors (Lipinski definition) is 2. The summed E-state index contributed by atoms with van der Waals surface area (Å²) in [5.74, 6) is 1.90. The van der Waals surface area contributed by atoms with Crippen LogP contribution in [0.15, 0.2) is 16.7 Å². The fourth-order valence-electron chi connectivity index (χ4n) is 2.33. The lowest BCUT2D eigenvalue weighted by Crippen LogP contribution is -2.36. The summed E-state index contributed by atoms with van der Waals surface area (Å²) in [6.07, 6.45) is 4.43. The number of aryl methyl sites for hydroxylation is 1. The van der Waals surface area contributed by atoms with E-state index in [1.165, 1.54) is 18.4 Å². The normalized spacial score (nSPS) is 19.4. The first kappa shape index (κ1) is 13.3. The predicted octanol–water partition coefficient (Wildman–Crippen LogP) is 4.15. The topological polar surface area (TPSA) is 16.1 Å². The zero-order valence-corrected chi connectivity index (χ0v) is 13.5. The molecular formula is C13H18Br2N2. The number of aromatic nitrogens is 1. The lowest BCUT2D eigenvalue weighted by molar-refractivity contribution is 0.405. The van der Waals surface area contributed by atoms with Crippen molar-refractivity contribution >= 4 is 37.7 Å². The fraction of sp³-hybridized carbons (Fsp3) is 0.615. The summed E-state index contributed by atoms with van der Waals surface area (Å²) in [5.41, 5.74) is 1.20. The van der Waals surface area contributed by atoms with Crippen LogP contribution in [0.1, 0.15) is 25.3 Å². The van der Waals surface area contributed by atoms with Gasteiger partial charge in [-0.1, -0.05) is 22.9 Å². The summed E-state index contributed by atoms with van der Waals surface area (Å²) < 4.78 is 1.11. The van der Waals surface area contributed by atoms with Crippen molar-refractivity contribution in [3.05, 3.63) is 22.3 Å². The Morgan fingerprint density at radius 1 is 1.41 bits per heavy atom. The highest BCUT2D eigenvalue weighted by Gasteiger charge is 2.23. The highest BCUT2D eigenvalue weighted by Crippen LogP contribution is 2.31. The van der Waals surface area contributed by atoms with Gasteiger partial charge >= 0.3 is 0 Å². The number of hydrogen-bond donors (Lipinski definition) is 0. The number of halogens is 2. The first-order chi connectivity index (χ1) is 8.08. The maximum Gasteiger partial charge on any atom is 0.142 e. The van der Waals surface area contributed by atoms with Crippen molar-refractivity contribution < 1.29 is 0 Å². The molecule has 0 aromatic carbocycles. The SMILES string of the molecule is Cc1cnc(N2CCC(C(C)Br)CC2)c(Br)c1. The summed E-state index contributed by atoms with van der Waals surface area (Å²) in [6, 6.07) is 2.14. The summed E-state index contributed by atoms with van der Waals surface area (Å²) in [4.78, 5) is 7.55. The number of piperidine rings is 1. The third kappa shape index (κ3) is 3.22. The van der Waals surface area contributed by atoms with Gasteiger partial charge in [0.1, 0.15) is 5.82 Å². The third-order valence-corrected chi connectivity index (χ3v) is 4.78. The monoisotopic (exact) mass is 360 g/mol. The minimum absolute atomic E-state index is 0.624. The Hall–Kier alpha value is -0.0900. The van der Waals surface area contributed by atoms with Crippen LogP contribution in [0, 0.1) is 12.8 Å². The van der Waals surface area contributed by atoms with E-state index in [2.05, 4.69) is 61.7 Å². The van der Waals surface area contributed by atoms with Crippen molar-refractivity contribution in [2.24, 2.45) is 5.92 Å². The molecule has 2 heterocycles. The van der Waals surface area contributed by atoms with E-state index in [0.717, 1.165) is 29.3 Å². The van der Waals surface area contributed by atoms with Gasteiger partial charge in [0.15, 0.2) is 0 Å². The van der Waals surface area contributed by atoms with Gasteiger partial charge in [-0.2, -0.15) is 0 Å². The number of pyridine rings is 1. The van der Waals surface area contributed by atoms with Crippen molar-refractivity contribution in [1.29, 1.82) is 0 Å². The van der Waals surface area contributed by atoms with Crippen LogP contribution in [0.5, 0.6) is 0 Å². The fourth-order valence-corrected chi connectivity index (χ4v) is 3.57. The zero-order chi connectivity index (χ0) is 12.4. The molecule has 1 aromatic heterocycles. The van der Waals surface area contributed by atoms with E-state index in [0.29, 0.717) is 4.83 Å². The molecule has 0 aliphatic carbocycles. The molecule has 1 aliphatic rings. The quantitative estimate of drug-likeness (QED) is 0.735. The maximum absolute atomic E-state index is 4.54. The van der Waals surface area contributed by atoms with Crippen LogP contribution in [0.2, 0.25) is 0 Å². The van der Waals surface area contributed by atoms with Gasteiger partial charge in [-0.3, -0.25) is 0 Å². The molecule has 0 bridgehead atoms. The van der Waals surface area contributed by atoms with E-state index < -0.39 is 0 Å². The Bertz CT molecular complexity index is 385. The molecule has 1 unspecified atom stereocenters. The first-order valence-corrected chi connectivity index (χ1v) is 7.80. The van der Waals surface area contributed by atoms with E-state index in [-0.39, 0.29) is 0 Å². The van der Waals surface area contributed by atoms with Gasteiger partial charge in [0.25, 0.3) is 0 Å². The molecule has 0 radical (unpaired) electrons. The van der Waals surface area contributed by atoms with Crippen LogP contribution in [0.25, 0.3) is 0 Å². The first-order valence-electron chi connectivity index (χ1n) is 6.09. The molecule has 1 fully saturated rings. The van der Waals surface area contributed by atoms with Crippen molar-refractivity contribution in [3.63, 3.8) is 0 Å². The Morgan fingerprint density at radius 3 is 2.59 bits per heavy atom. The summed E-state index contributed by atoms with van der Waals surface area (Å²) in [7, 11) is 0. The predicted molar refractivity (Wildman–Crippen MR) is 80.0 cm³/mol. The molecular weight excluding hydrogens is 344 g/mol. The molecule has 1 saturated heterocycles. The Kier molecular flexibility index (Phi) is 4.47. The lowest BCUT2D eigenvalue weighted by Gasteiger charge is -2.34. The Morgan fingerprint density at radius 2 is 2.06 bits per heavy atom. The molecule has 0 saturated carbocycles. The van der Waals surface area contributed by atoms with Gasteiger partial charge in [0.2, 0.25) is 0 Å². The average molecular weight is 362 g/mol. The highest BCUT2D eigenvalue weighted by molar-refractivity contribution is 9.10. The van der Waals surface area contributed by atoms with Gasteiger partial charge in [0.05, 0.1) is 4.47 Å². The second-order valence-electron chi connectivity index (χ2n) is 4.82. The van der Waals surface area contributed by atoms with Gasteiger partial charge in [-0.05, 0) is 53.2 Å². The summed E-state index contributed by atoms with van der Waals surface area (Å²) >= 11 is 7.31. The number of rotatable bonds is 2. The van der Waals surface area contributed by atoms with Crippen molar-refractivity contribution in [3.8, 4) is 0 Å². The zero-order valence-electron chi connectivity index (χ0n) is 10.3. The molecule has 1 aliphatic heterocycles. The van der Waals surface area contributed by atoms with Crippen molar-refractivity contribution in [2.75, 3.05) is 18.0 Å². The number of anilines is 1. The van der Waals surface area contributed by atoms with Crippen molar-refractivity contribution in [1.82, 2.24) is 4.98 Å². The molecule has 17 heavy (non-hydrogen) atoms. The van der Waals surface area contributed by atoms with Crippen LogP contribution in [-0.2, 0) is 0 Å². The van der Waals surface area contributed by atoms with Crippen LogP contribution in [0.3, 0.4) is 0 Å². The molecule has 0 amide bonds. The van der Waals surface area contributed by atoms with E-state index >= 15 is 0 Å². The van der Waals surface area contributed by atoms with Crippen LogP contribution in [-0.4, -0.2) is 22.9 Å². The van der Waals surface area contributed by atoms with Crippen LogP contribution < -0.4 is 4.90 Å². The molecule has 2 rings (SSSR count). The van der Waals surface area contributed by atoms with Crippen molar-refractivity contribution in [2.45, 2.75) is 31.5 Å². The number of nitrogens with zero attached hydrogens (tertiary/aromatic N) is 2. The molecule has 2 nitrogen and oxygen atoms in total. The van der Waals surface area contributed by atoms with E-state index in [1.54, 1.807) is 0 Å². The highest BCUT2D eigenvalue weighted by atomic mass is 79.9. The largest absolute Gasteiger partial charge is 0.356 e. The molecule has 0 N–H and O–H groups in total. The second-order valence-corrected chi connectivity index (χ2v) is 7.12. The average Bonchev–Trinajstić information content (AvgIpc) is 2.29. The lowest BCUT2D eigenvalue weighted by atomic mass is 9.94. The molecule has 0 spiro atoms. The Labute approximate surface area is 120 Å². The van der Waals surface area contributed by atoms with Gasteiger partial charge in [-0.25, -0.2) is 4.98 Å². The standard InChI is InChI=1S/C13H18Br2N2/c1-9-7-12(15)13(16-8-9)17-5-3-11(4-6-17)10(2)14/h7-8,10-11H,3-6H2,1-2H3. The van der Waals surface area contributed by atoms with Gasteiger partial charge in [-0.15, -0.1) is 0 Å². The number of alkyl halides is 1. The smallest absolute Gasteiger partial charge is 0.142 e. The molecule has 1 atom stereocenters. The third-order valence-electron chi connectivity index (χ3n) is 3.45. The molecule has 1 aromatic rings.